The van der Waals surface area contributed by atoms with E-state index in [-0.39, 0.29) is 0 Å². The van der Waals surface area contributed by atoms with Crippen LogP contribution in [0.5, 0.6) is 0 Å². The first kappa shape index (κ1) is 14.6. The largest absolute Gasteiger partial charge is 0.0887 e. The third kappa shape index (κ3) is 16.6. The van der Waals surface area contributed by atoms with E-state index in [2.05, 4.69) is 6.92 Å². The first-order chi connectivity index (χ1) is 5.91. The molecule has 0 rings (SSSR count). The second kappa shape index (κ2) is 17.2. The van der Waals surface area contributed by atoms with Crippen molar-refractivity contribution in [1.29, 1.82) is 0 Å². The predicted molar refractivity (Wildman–Crippen MR) is 59.9 cm³/mol. The molecule has 0 heterocycles. The molecule has 0 atom stereocenters. The van der Waals surface area contributed by atoms with Gasteiger partial charge < -0.3 is 0 Å². The van der Waals surface area contributed by atoms with E-state index in [0.29, 0.717) is 0 Å². The first-order valence-electron chi connectivity index (χ1n) is 5.62. The molecule has 0 aromatic carbocycles. The van der Waals surface area contributed by atoms with E-state index >= 15 is 0 Å². The topological polar surface area (TPSA) is 0 Å². The van der Waals surface area contributed by atoms with Gasteiger partial charge in [0, 0.05) is 0 Å². The molecule has 0 fully saturated rings. The van der Waals surface area contributed by atoms with Gasteiger partial charge in [-0.15, -0.1) is 0 Å². The molecule has 0 aromatic rings. The van der Waals surface area contributed by atoms with Crippen LogP contribution in [0.1, 0.15) is 65.7 Å². The van der Waals surface area contributed by atoms with E-state index in [9.17, 15) is 0 Å². The molecule has 0 bridgehead atoms. The average Bonchev–Trinajstić information content (AvgIpc) is 2.15. The second-order valence-electron chi connectivity index (χ2n) is 2.91. The van der Waals surface area contributed by atoms with Crippen molar-refractivity contribution in [2.75, 3.05) is 0 Å². The zero-order valence-electron chi connectivity index (χ0n) is 9.23. The minimum atomic E-state index is 0.869. The summed E-state index contributed by atoms with van der Waals surface area (Å²) >= 11 is 0. The molecule has 0 unspecified atom stereocenters. The molecular formula is C11H25B. The molecule has 12 heavy (non-hydrogen) atoms. The number of hydrogen-bond acceptors (Lipinski definition) is 0. The second-order valence-corrected chi connectivity index (χ2v) is 2.91. The molecule has 0 saturated heterocycles. The van der Waals surface area contributed by atoms with Gasteiger partial charge >= 0.3 is 0 Å². The maximum Gasteiger partial charge on any atom is 0.0653 e. The van der Waals surface area contributed by atoms with Crippen LogP contribution in [0.15, 0.2) is 0 Å². The average molecular weight is 168 g/mol. The van der Waals surface area contributed by atoms with Gasteiger partial charge in [0.2, 0.25) is 0 Å². The van der Waals surface area contributed by atoms with E-state index in [1.807, 2.05) is 13.8 Å². The van der Waals surface area contributed by atoms with E-state index < -0.39 is 0 Å². The minimum Gasteiger partial charge on any atom is -0.0887 e. The Labute approximate surface area is 80.5 Å². The zero-order chi connectivity index (χ0) is 9.66. The van der Waals surface area contributed by atoms with Gasteiger partial charge in [-0.3, -0.25) is 0 Å². The lowest BCUT2D eigenvalue weighted by Crippen LogP contribution is -1.78. The Hall–Kier alpha value is 0.0649. The number of hydrogen-bond donors (Lipinski definition) is 0. The molecule has 0 amide bonds. The maximum absolute atomic E-state index is 5.37. The molecule has 1 heteroatoms. The Bertz CT molecular complexity index is 45.0. The standard InChI is InChI=1S/C9H19B.C2H6/c1-2-3-4-5-6-7-8-9-10;1-2/h2-9H2,1H3;1-2H3. The summed E-state index contributed by atoms with van der Waals surface area (Å²) in [5, 5.41) is 0. The van der Waals surface area contributed by atoms with Gasteiger partial charge in [-0.05, 0) is 0 Å². The Morgan fingerprint density at radius 3 is 1.58 bits per heavy atom. The number of rotatable bonds is 7. The maximum atomic E-state index is 5.37. The lowest BCUT2D eigenvalue weighted by Gasteiger charge is -1.97. The van der Waals surface area contributed by atoms with Crippen LogP contribution in [0.4, 0.5) is 0 Å². The highest BCUT2D eigenvalue weighted by Crippen LogP contribution is 2.07. The van der Waals surface area contributed by atoms with Gasteiger partial charge in [-0.25, -0.2) is 0 Å². The van der Waals surface area contributed by atoms with Gasteiger partial charge in [0.15, 0.2) is 0 Å². The van der Waals surface area contributed by atoms with Gasteiger partial charge in [-0.1, -0.05) is 72.0 Å². The highest BCUT2D eigenvalue weighted by molar-refractivity contribution is 6.08. The molecule has 0 N–H and O–H groups in total. The Morgan fingerprint density at radius 2 is 1.17 bits per heavy atom. The molecule has 0 aliphatic rings. The first-order valence-corrected chi connectivity index (χ1v) is 5.62. The van der Waals surface area contributed by atoms with Crippen molar-refractivity contribution < 1.29 is 0 Å². The smallest absolute Gasteiger partial charge is 0.0653 e. The van der Waals surface area contributed by atoms with E-state index in [1.165, 1.54) is 44.9 Å². The minimum absolute atomic E-state index is 0.869. The van der Waals surface area contributed by atoms with Crippen molar-refractivity contribution in [3.8, 4) is 0 Å². The van der Waals surface area contributed by atoms with Crippen LogP contribution >= 0.6 is 0 Å². The van der Waals surface area contributed by atoms with Crippen LogP contribution in [0.2, 0.25) is 6.32 Å². The van der Waals surface area contributed by atoms with Crippen LogP contribution in [-0.4, -0.2) is 7.85 Å². The van der Waals surface area contributed by atoms with Crippen molar-refractivity contribution in [3.63, 3.8) is 0 Å². The highest BCUT2D eigenvalue weighted by Gasteiger charge is 1.87. The lowest BCUT2D eigenvalue weighted by molar-refractivity contribution is 0.602. The van der Waals surface area contributed by atoms with Gasteiger partial charge in [-0.2, -0.15) is 0 Å². The van der Waals surface area contributed by atoms with Crippen LogP contribution in [0.3, 0.4) is 0 Å². The van der Waals surface area contributed by atoms with Crippen LogP contribution in [-0.2, 0) is 0 Å². The fraction of sp³-hybridized carbons (Fsp3) is 1.00. The van der Waals surface area contributed by atoms with Gasteiger partial charge in [0.1, 0.15) is 0 Å². The van der Waals surface area contributed by atoms with Crippen molar-refractivity contribution in [2.45, 2.75) is 72.0 Å². The SMILES string of the molecule is CC.[B]CCCCCCCCC. The Balaban J connectivity index is 0. The summed E-state index contributed by atoms with van der Waals surface area (Å²) in [5.41, 5.74) is 0. The third-order valence-electron chi connectivity index (χ3n) is 1.81. The summed E-state index contributed by atoms with van der Waals surface area (Å²) in [4.78, 5) is 0. The van der Waals surface area contributed by atoms with Crippen molar-refractivity contribution in [1.82, 2.24) is 0 Å². The third-order valence-corrected chi connectivity index (χ3v) is 1.81. The van der Waals surface area contributed by atoms with Crippen molar-refractivity contribution in [2.24, 2.45) is 0 Å². The van der Waals surface area contributed by atoms with Crippen LogP contribution < -0.4 is 0 Å². The number of unbranched alkanes of at least 4 members (excludes halogenated alkanes) is 6. The summed E-state index contributed by atoms with van der Waals surface area (Å²) in [7, 11) is 5.37. The van der Waals surface area contributed by atoms with Crippen LogP contribution in [0.25, 0.3) is 0 Å². The summed E-state index contributed by atoms with van der Waals surface area (Å²) in [6.45, 7) is 6.25. The molecule has 0 nitrogen and oxygen atoms in total. The quantitative estimate of drug-likeness (QED) is 0.391. The van der Waals surface area contributed by atoms with Crippen molar-refractivity contribution >= 4 is 7.85 Å². The normalized spacial score (nSPS) is 8.92. The fourth-order valence-electron chi connectivity index (χ4n) is 1.10. The Morgan fingerprint density at radius 1 is 0.750 bits per heavy atom. The van der Waals surface area contributed by atoms with Crippen LogP contribution in [0, 0.1) is 0 Å². The fourth-order valence-corrected chi connectivity index (χ4v) is 1.10. The molecule has 0 aromatic heterocycles. The molecular weight excluding hydrogens is 143 g/mol. The highest BCUT2D eigenvalue weighted by atomic mass is 13.9. The van der Waals surface area contributed by atoms with Gasteiger partial charge in [0.05, 0.1) is 7.85 Å². The summed E-state index contributed by atoms with van der Waals surface area (Å²) in [6.07, 6.45) is 10.4. The molecule has 0 aliphatic carbocycles. The monoisotopic (exact) mass is 168 g/mol. The van der Waals surface area contributed by atoms with Crippen molar-refractivity contribution in [3.05, 3.63) is 0 Å². The Kier molecular flexibility index (Phi) is 20.9. The molecule has 2 radical (unpaired) electrons. The molecule has 72 valence electrons. The van der Waals surface area contributed by atoms with E-state index in [4.69, 9.17) is 7.85 Å². The van der Waals surface area contributed by atoms with Gasteiger partial charge in [0.25, 0.3) is 0 Å². The summed E-state index contributed by atoms with van der Waals surface area (Å²) in [5.74, 6) is 0. The molecule has 0 aliphatic heterocycles. The zero-order valence-corrected chi connectivity index (χ0v) is 9.23. The lowest BCUT2D eigenvalue weighted by atomic mass is 9.98. The molecule has 0 saturated carbocycles. The predicted octanol–water partition coefficient (Wildman–Crippen LogP) is 4.35. The molecule has 0 spiro atoms. The summed E-state index contributed by atoms with van der Waals surface area (Å²) < 4.78 is 0. The van der Waals surface area contributed by atoms with E-state index in [0.717, 1.165) is 6.32 Å². The van der Waals surface area contributed by atoms with E-state index in [1.54, 1.807) is 0 Å². The summed E-state index contributed by atoms with van der Waals surface area (Å²) in [6, 6.07) is 0.